The Balaban J connectivity index is 1.75. The molecule has 104 valence electrons. The molecular formula is C15H16N2O3. The average Bonchev–Trinajstić information content (AvgIpc) is 2.46. The normalized spacial score (nSPS) is 10.0. The summed E-state index contributed by atoms with van der Waals surface area (Å²) in [6.45, 7) is 0.307. The molecule has 0 saturated heterocycles. The number of nitrogens with two attached hydrogens (primary N) is 2. The lowest BCUT2D eigenvalue weighted by atomic mass is 10.2. The predicted molar refractivity (Wildman–Crippen MR) is 76.7 cm³/mol. The van der Waals surface area contributed by atoms with Gasteiger partial charge in [0.25, 0.3) is 0 Å². The predicted octanol–water partition coefficient (Wildman–Crippen LogP) is 2.70. The Morgan fingerprint density at radius 1 is 0.750 bits per heavy atom. The summed E-state index contributed by atoms with van der Waals surface area (Å²) < 4.78 is 9.97. The fourth-order valence-corrected chi connectivity index (χ4v) is 1.55. The van der Waals surface area contributed by atoms with Crippen LogP contribution in [0.5, 0.6) is 0 Å². The molecule has 4 N–H and O–H groups in total. The first-order valence-electron chi connectivity index (χ1n) is 6.12. The Hall–Kier alpha value is -2.69. The van der Waals surface area contributed by atoms with E-state index in [-0.39, 0.29) is 13.2 Å². The van der Waals surface area contributed by atoms with Crippen LogP contribution in [-0.4, -0.2) is 6.16 Å². The van der Waals surface area contributed by atoms with Crippen molar-refractivity contribution in [1.82, 2.24) is 0 Å². The van der Waals surface area contributed by atoms with E-state index in [4.69, 9.17) is 20.9 Å². The topological polar surface area (TPSA) is 87.6 Å². The van der Waals surface area contributed by atoms with Crippen molar-refractivity contribution in [2.45, 2.75) is 13.2 Å². The molecule has 0 saturated carbocycles. The Labute approximate surface area is 117 Å². The van der Waals surface area contributed by atoms with E-state index >= 15 is 0 Å². The average molecular weight is 272 g/mol. The Morgan fingerprint density at radius 2 is 1.10 bits per heavy atom. The van der Waals surface area contributed by atoms with Crippen molar-refractivity contribution in [3.8, 4) is 0 Å². The number of anilines is 2. The molecule has 0 bridgehead atoms. The maximum absolute atomic E-state index is 11.4. The Kier molecular flexibility index (Phi) is 4.44. The van der Waals surface area contributed by atoms with Crippen LogP contribution in [0.3, 0.4) is 0 Å². The van der Waals surface area contributed by atoms with Gasteiger partial charge in [-0.15, -0.1) is 0 Å². The number of nitrogen functional groups attached to an aromatic ring is 2. The molecule has 0 radical (unpaired) electrons. The van der Waals surface area contributed by atoms with Crippen molar-refractivity contribution < 1.29 is 14.3 Å². The third-order valence-electron chi connectivity index (χ3n) is 2.67. The van der Waals surface area contributed by atoms with Gasteiger partial charge in [-0.05, 0) is 35.4 Å². The Morgan fingerprint density at radius 3 is 1.45 bits per heavy atom. The van der Waals surface area contributed by atoms with E-state index in [1.165, 1.54) is 0 Å². The van der Waals surface area contributed by atoms with Gasteiger partial charge < -0.3 is 20.9 Å². The highest BCUT2D eigenvalue weighted by Crippen LogP contribution is 2.09. The van der Waals surface area contributed by atoms with Gasteiger partial charge in [-0.25, -0.2) is 4.79 Å². The molecule has 0 atom stereocenters. The minimum Gasteiger partial charge on any atom is -0.429 e. The molecule has 5 heteroatoms. The molecule has 0 aliphatic heterocycles. The van der Waals surface area contributed by atoms with E-state index in [9.17, 15) is 4.79 Å². The lowest BCUT2D eigenvalue weighted by Gasteiger charge is -2.07. The smallest absolute Gasteiger partial charge is 0.429 e. The highest BCUT2D eigenvalue weighted by molar-refractivity contribution is 5.60. The maximum atomic E-state index is 11.4. The minimum atomic E-state index is -0.710. The number of rotatable bonds is 4. The number of hydrogen-bond donors (Lipinski definition) is 2. The zero-order valence-corrected chi connectivity index (χ0v) is 10.9. The van der Waals surface area contributed by atoms with Crippen LogP contribution in [0.25, 0.3) is 0 Å². The monoisotopic (exact) mass is 272 g/mol. The first-order chi connectivity index (χ1) is 9.63. The van der Waals surface area contributed by atoms with Crippen LogP contribution in [0.2, 0.25) is 0 Å². The molecule has 0 heterocycles. The van der Waals surface area contributed by atoms with Gasteiger partial charge in [-0.2, -0.15) is 0 Å². The summed E-state index contributed by atoms with van der Waals surface area (Å²) in [5, 5.41) is 0. The first-order valence-corrected chi connectivity index (χ1v) is 6.12. The van der Waals surface area contributed by atoms with Gasteiger partial charge in [-0.1, -0.05) is 24.3 Å². The molecule has 20 heavy (non-hydrogen) atoms. The van der Waals surface area contributed by atoms with Gasteiger partial charge in [-0.3, -0.25) is 0 Å². The first kappa shape index (κ1) is 13.7. The van der Waals surface area contributed by atoms with E-state index in [1.54, 1.807) is 48.5 Å². The molecular weight excluding hydrogens is 256 g/mol. The van der Waals surface area contributed by atoms with E-state index in [1.807, 2.05) is 0 Å². The lowest BCUT2D eigenvalue weighted by molar-refractivity contribution is 0.0446. The minimum absolute atomic E-state index is 0.154. The van der Waals surface area contributed by atoms with Gasteiger partial charge in [0.05, 0.1) is 0 Å². The third-order valence-corrected chi connectivity index (χ3v) is 2.67. The summed E-state index contributed by atoms with van der Waals surface area (Å²) in [5.41, 5.74) is 14.2. The van der Waals surface area contributed by atoms with Crippen LogP contribution in [0.15, 0.2) is 48.5 Å². The second kappa shape index (κ2) is 6.47. The summed E-state index contributed by atoms with van der Waals surface area (Å²) in [4.78, 5) is 11.4. The number of carbonyl (C=O) groups excluding carboxylic acids is 1. The molecule has 0 aliphatic carbocycles. The third kappa shape index (κ3) is 4.20. The van der Waals surface area contributed by atoms with Gasteiger partial charge in [0, 0.05) is 11.4 Å². The number of ether oxygens (including phenoxy) is 2. The molecule has 0 aliphatic rings. The molecule has 2 rings (SSSR count). The summed E-state index contributed by atoms with van der Waals surface area (Å²) in [6.07, 6.45) is -0.710. The number of hydrogen-bond acceptors (Lipinski definition) is 5. The van der Waals surface area contributed by atoms with Gasteiger partial charge in [0.15, 0.2) is 0 Å². The summed E-state index contributed by atoms with van der Waals surface area (Å²) >= 11 is 0. The second-order valence-electron chi connectivity index (χ2n) is 4.31. The molecule has 2 aromatic rings. The van der Waals surface area contributed by atoms with Crippen molar-refractivity contribution in [2.24, 2.45) is 0 Å². The summed E-state index contributed by atoms with van der Waals surface area (Å²) in [7, 11) is 0. The maximum Gasteiger partial charge on any atom is 0.508 e. The number of benzene rings is 2. The fraction of sp³-hybridized carbons (Fsp3) is 0.133. The van der Waals surface area contributed by atoms with Crippen molar-refractivity contribution in [1.29, 1.82) is 0 Å². The molecule has 0 fully saturated rings. The second-order valence-corrected chi connectivity index (χ2v) is 4.31. The number of carbonyl (C=O) groups is 1. The summed E-state index contributed by atoms with van der Waals surface area (Å²) in [6, 6.07) is 14.2. The van der Waals surface area contributed by atoms with Crippen LogP contribution in [0.1, 0.15) is 11.1 Å². The van der Waals surface area contributed by atoms with Crippen LogP contribution >= 0.6 is 0 Å². The van der Waals surface area contributed by atoms with Crippen LogP contribution in [0.4, 0.5) is 16.2 Å². The van der Waals surface area contributed by atoms with Crippen molar-refractivity contribution in [3.63, 3.8) is 0 Å². The quantitative estimate of drug-likeness (QED) is 0.660. The molecule has 0 unspecified atom stereocenters. The summed E-state index contributed by atoms with van der Waals surface area (Å²) in [5.74, 6) is 0. The van der Waals surface area contributed by atoms with Crippen LogP contribution < -0.4 is 11.5 Å². The van der Waals surface area contributed by atoms with E-state index < -0.39 is 6.16 Å². The molecule has 0 amide bonds. The largest absolute Gasteiger partial charge is 0.508 e. The zero-order valence-electron chi connectivity index (χ0n) is 10.9. The molecule has 0 aromatic heterocycles. The molecule has 0 spiro atoms. The SMILES string of the molecule is Nc1ccc(COC(=O)OCc2ccc(N)cc2)cc1. The Bertz CT molecular complexity index is 513. The van der Waals surface area contributed by atoms with Crippen LogP contribution in [0, 0.1) is 0 Å². The standard InChI is InChI=1S/C15H16N2O3/c16-13-5-1-11(2-6-13)9-19-15(18)20-10-12-3-7-14(17)8-4-12/h1-8H,9-10,16-17H2. The van der Waals surface area contributed by atoms with Crippen molar-refractivity contribution in [3.05, 3.63) is 59.7 Å². The molecule has 5 nitrogen and oxygen atoms in total. The van der Waals surface area contributed by atoms with Crippen LogP contribution in [-0.2, 0) is 22.7 Å². The van der Waals surface area contributed by atoms with Gasteiger partial charge in [0.2, 0.25) is 0 Å². The highest BCUT2D eigenvalue weighted by atomic mass is 16.7. The van der Waals surface area contributed by atoms with E-state index in [0.29, 0.717) is 11.4 Å². The highest BCUT2D eigenvalue weighted by Gasteiger charge is 2.05. The lowest BCUT2D eigenvalue weighted by Crippen LogP contribution is -2.07. The van der Waals surface area contributed by atoms with E-state index in [0.717, 1.165) is 11.1 Å². The van der Waals surface area contributed by atoms with Gasteiger partial charge >= 0.3 is 6.16 Å². The zero-order chi connectivity index (χ0) is 14.4. The van der Waals surface area contributed by atoms with Crippen molar-refractivity contribution >= 4 is 17.5 Å². The fourth-order valence-electron chi connectivity index (χ4n) is 1.55. The molecule has 2 aromatic carbocycles. The van der Waals surface area contributed by atoms with Crippen molar-refractivity contribution in [2.75, 3.05) is 11.5 Å². The van der Waals surface area contributed by atoms with Gasteiger partial charge in [0.1, 0.15) is 13.2 Å². The van der Waals surface area contributed by atoms with E-state index in [2.05, 4.69) is 0 Å².